The van der Waals surface area contributed by atoms with Gasteiger partial charge in [-0.05, 0) is 30.5 Å². The van der Waals surface area contributed by atoms with Gasteiger partial charge in [-0.3, -0.25) is 4.99 Å². The molecule has 0 aliphatic heterocycles. The van der Waals surface area contributed by atoms with Gasteiger partial charge in [0.2, 0.25) is 0 Å². The molecule has 7 nitrogen and oxygen atoms in total. The molecule has 2 aromatic carbocycles. The van der Waals surface area contributed by atoms with Crippen molar-refractivity contribution in [3.63, 3.8) is 0 Å². The van der Waals surface area contributed by atoms with Crippen molar-refractivity contribution in [1.29, 1.82) is 0 Å². The maximum atomic E-state index is 8.63. The summed E-state index contributed by atoms with van der Waals surface area (Å²) in [5.41, 5.74) is 21.0. The van der Waals surface area contributed by atoms with Crippen molar-refractivity contribution in [2.75, 3.05) is 0 Å². The van der Waals surface area contributed by atoms with E-state index in [0.717, 1.165) is 16.7 Å². The molecule has 0 aliphatic carbocycles. The van der Waals surface area contributed by atoms with Gasteiger partial charge in [0.05, 0.1) is 6.04 Å². The summed E-state index contributed by atoms with van der Waals surface area (Å²) >= 11 is 0. The third kappa shape index (κ3) is 4.11. The van der Waals surface area contributed by atoms with Crippen molar-refractivity contribution in [1.82, 2.24) is 0 Å². The van der Waals surface area contributed by atoms with Crippen LogP contribution < -0.4 is 0 Å². The van der Waals surface area contributed by atoms with Gasteiger partial charge < -0.3 is 0 Å². The first kappa shape index (κ1) is 16.1. The predicted octanol–water partition coefficient (Wildman–Crippen LogP) is 6.06. The SMILES string of the molecule is Cc1ccc(N=[N+]=[N-])c(C=N[C@@H](C)c2ccccc2N=[N+]=[N-])c1. The number of hydrogen-bond acceptors (Lipinski definition) is 3. The third-order valence-electron chi connectivity index (χ3n) is 3.31. The highest BCUT2D eigenvalue weighted by Crippen LogP contribution is 2.28. The van der Waals surface area contributed by atoms with E-state index < -0.39 is 0 Å². The van der Waals surface area contributed by atoms with Gasteiger partial charge in [0.25, 0.3) is 0 Å². The van der Waals surface area contributed by atoms with Crippen molar-refractivity contribution in [2.45, 2.75) is 19.9 Å². The molecule has 0 unspecified atom stereocenters. The molecule has 0 N–H and O–H groups in total. The molecule has 0 aromatic heterocycles. The Balaban J connectivity index is 2.35. The average molecular weight is 305 g/mol. The van der Waals surface area contributed by atoms with Gasteiger partial charge >= 0.3 is 0 Å². The van der Waals surface area contributed by atoms with E-state index in [4.69, 9.17) is 11.1 Å². The fourth-order valence-corrected chi connectivity index (χ4v) is 2.17. The number of aryl methyl sites for hydroxylation is 1. The second kappa shape index (κ2) is 7.66. The Labute approximate surface area is 133 Å². The molecule has 0 spiro atoms. The molecule has 0 aliphatic rings. The Morgan fingerprint density at radius 3 is 2.43 bits per heavy atom. The van der Waals surface area contributed by atoms with E-state index in [-0.39, 0.29) is 6.04 Å². The fourth-order valence-electron chi connectivity index (χ4n) is 2.17. The molecular formula is C16H15N7. The monoisotopic (exact) mass is 305 g/mol. The Morgan fingerprint density at radius 2 is 1.70 bits per heavy atom. The first-order valence-electron chi connectivity index (χ1n) is 6.98. The van der Waals surface area contributed by atoms with Crippen molar-refractivity contribution in [3.05, 3.63) is 80.0 Å². The van der Waals surface area contributed by atoms with Crippen LogP contribution in [-0.4, -0.2) is 6.21 Å². The Morgan fingerprint density at radius 1 is 1.00 bits per heavy atom. The van der Waals surface area contributed by atoms with E-state index in [1.165, 1.54) is 0 Å². The standard InChI is InChI=1S/C16H15N7/c1-11-7-8-15(20-22-17)13(9-11)10-19-12(2)14-5-3-4-6-16(14)21-23-18/h3-10,12H,1-2H3/t12-/m0/s1. The lowest BCUT2D eigenvalue weighted by molar-refractivity contribution is 0.825. The first-order chi connectivity index (χ1) is 11.2. The molecule has 0 heterocycles. The number of nitrogens with zero attached hydrogens (tertiary/aromatic N) is 7. The van der Waals surface area contributed by atoms with E-state index >= 15 is 0 Å². The second-order valence-corrected chi connectivity index (χ2v) is 4.95. The van der Waals surface area contributed by atoms with Gasteiger partial charge in [-0.15, -0.1) is 0 Å². The molecule has 0 saturated heterocycles. The minimum absolute atomic E-state index is 0.198. The summed E-state index contributed by atoms with van der Waals surface area (Å²) in [6.07, 6.45) is 1.68. The molecule has 2 aromatic rings. The lowest BCUT2D eigenvalue weighted by Crippen LogP contribution is -1.92. The van der Waals surface area contributed by atoms with Crippen LogP contribution in [0.5, 0.6) is 0 Å². The van der Waals surface area contributed by atoms with E-state index in [1.54, 1.807) is 18.3 Å². The molecule has 0 fully saturated rings. The molecule has 114 valence electrons. The summed E-state index contributed by atoms with van der Waals surface area (Å²) in [4.78, 5) is 10.2. The Kier molecular flexibility index (Phi) is 5.36. The highest BCUT2D eigenvalue weighted by molar-refractivity contribution is 5.87. The minimum atomic E-state index is -0.198. The molecule has 0 amide bonds. The van der Waals surface area contributed by atoms with Crippen LogP contribution in [0, 0.1) is 6.92 Å². The zero-order valence-corrected chi connectivity index (χ0v) is 12.8. The van der Waals surface area contributed by atoms with Crippen LogP contribution in [0.3, 0.4) is 0 Å². The van der Waals surface area contributed by atoms with E-state index in [1.807, 2.05) is 44.2 Å². The summed E-state index contributed by atoms with van der Waals surface area (Å²) in [5, 5.41) is 7.35. The maximum Gasteiger partial charge on any atom is 0.0725 e. The normalized spacial score (nSPS) is 11.6. The van der Waals surface area contributed by atoms with Crippen LogP contribution in [0.25, 0.3) is 20.9 Å². The van der Waals surface area contributed by atoms with Crippen LogP contribution in [0.15, 0.2) is 57.7 Å². The Bertz CT molecular complexity index is 828. The summed E-state index contributed by atoms with van der Waals surface area (Å²) in [6, 6.07) is 12.6. The average Bonchev–Trinajstić information content (AvgIpc) is 2.56. The second-order valence-electron chi connectivity index (χ2n) is 4.95. The first-order valence-corrected chi connectivity index (χ1v) is 6.98. The van der Waals surface area contributed by atoms with E-state index in [2.05, 4.69) is 25.0 Å². The molecule has 0 bridgehead atoms. The fraction of sp³-hybridized carbons (Fsp3) is 0.188. The van der Waals surface area contributed by atoms with Gasteiger partial charge in [0.1, 0.15) is 0 Å². The number of hydrogen-bond donors (Lipinski definition) is 0. The summed E-state index contributed by atoms with van der Waals surface area (Å²) in [6.45, 7) is 3.86. The van der Waals surface area contributed by atoms with E-state index in [9.17, 15) is 0 Å². The van der Waals surface area contributed by atoms with Gasteiger partial charge in [-0.1, -0.05) is 58.3 Å². The number of azide groups is 2. The van der Waals surface area contributed by atoms with Crippen molar-refractivity contribution < 1.29 is 0 Å². The van der Waals surface area contributed by atoms with Crippen LogP contribution in [-0.2, 0) is 0 Å². The van der Waals surface area contributed by atoms with Gasteiger partial charge in [0, 0.05) is 33.0 Å². The predicted molar refractivity (Wildman–Crippen MR) is 91.2 cm³/mol. The van der Waals surface area contributed by atoms with Crippen LogP contribution >= 0.6 is 0 Å². The molecule has 0 saturated carbocycles. The van der Waals surface area contributed by atoms with Crippen LogP contribution in [0.2, 0.25) is 0 Å². The van der Waals surface area contributed by atoms with Crippen molar-refractivity contribution in [3.8, 4) is 0 Å². The smallest absolute Gasteiger partial charge is 0.0725 e. The van der Waals surface area contributed by atoms with E-state index in [0.29, 0.717) is 11.4 Å². The topological polar surface area (TPSA) is 110 Å². The molecule has 1 atom stereocenters. The quantitative estimate of drug-likeness (QED) is 0.277. The summed E-state index contributed by atoms with van der Waals surface area (Å²) in [7, 11) is 0. The zero-order chi connectivity index (χ0) is 16.7. The number of aliphatic imine (C=N–C) groups is 1. The van der Waals surface area contributed by atoms with Crippen molar-refractivity contribution >= 4 is 17.6 Å². The number of benzene rings is 2. The molecular weight excluding hydrogens is 290 g/mol. The minimum Gasteiger partial charge on any atom is -0.285 e. The number of rotatable bonds is 5. The third-order valence-corrected chi connectivity index (χ3v) is 3.31. The molecule has 7 heteroatoms. The Hall–Kier alpha value is -3.27. The lowest BCUT2D eigenvalue weighted by Gasteiger charge is -2.10. The van der Waals surface area contributed by atoms with Gasteiger partial charge in [-0.2, -0.15) is 0 Å². The maximum absolute atomic E-state index is 8.63. The molecule has 23 heavy (non-hydrogen) atoms. The van der Waals surface area contributed by atoms with Crippen LogP contribution in [0.1, 0.15) is 29.7 Å². The van der Waals surface area contributed by atoms with Gasteiger partial charge in [-0.25, -0.2) is 0 Å². The lowest BCUT2D eigenvalue weighted by atomic mass is 10.1. The largest absolute Gasteiger partial charge is 0.285 e. The summed E-state index contributed by atoms with van der Waals surface area (Å²) in [5.74, 6) is 0. The molecule has 2 rings (SSSR count). The summed E-state index contributed by atoms with van der Waals surface area (Å²) < 4.78 is 0. The van der Waals surface area contributed by atoms with Gasteiger partial charge in [0.15, 0.2) is 0 Å². The van der Waals surface area contributed by atoms with Crippen molar-refractivity contribution in [2.24, 2.45) is 15.2 Å². The molecule has 0 radical (unpaired) electrons. The van der Waals surface area contributed by atoms with Crippen LogP contribution in [0.4, 0.5) is 11.4 Å². The zero-order valence-electron chi connectivity index (χ0n) is 12.8. The highest BCUT2D eigenvalue weighted by Gasteiger charge is 2.07. The highest BCUT2D eigenvalue weighted by atomic mass is 15.1.